The van der Waals surface area contributed by atoms with Crippen molar-refractivity contribution in [1.82, 2.24) is 0 Å². The molecule has 1 aliphatic rings. The lowest BCUT2D eigenvalue weighted by Gasteiger charge is -2.26. The number of phosphoric acid groups is 1. The van der Waals surface area contributed by atoms with E-state index in [-0.39, 0.29) is 12.5 Å². The molecule has 4 unspecified atom stereocenters. The maximum atomic E-state index is 11.7. The van der Waals surface area contributed by atoms with Gasteiger partial charge in [-0.05, 0) is 18.8 Å². The lowest BCUT2D eigenvalue weighted by atomic mass is 9.90. The van der Waals surface area contributed by atoms with Gasteiger partial charge in [-0.25, -0.2) is 9.36 Å². The average Bonchev–Trinajstić information content (AvgIpc) is 2.55. The molecule has 11 heteroatoms. The molecule has 4 atom stereocenters. The van der Waals surface area contributed by atoms with Crippen molar-refractivity contribution in [1.29, 1.82) is 0 Å². The van der Waals surface area contributed by atoms with Gasteiger partial charge < -0.3 is 34.9 Å². The normalized spacial score (nSPS) is 21.8. The van der Waals surface area contributed by atoms with Gasteiger partial charge in [0.05, 0.1) is 13.2 Å². The zero-order valence-corrected chi connectivity index (χ0v) is 14.0. The molecule has 0 radical (unpaired) electrons. The molecular formula is C13H25O10P. The van der Waals surface area contributed by atoms with E-state index in [1.165, 1.54) is 0 Å². The summed E-state index contributed by atoms with van der Waals surface area (Å²) in [5, 5.41) is 38.4. The van der Waals surface area contributed by atoms with Crippen molar-refractivity contribution < 1.29 is 48.8 Å². The Labute approximate surface area is 139 Å². The van der Waals surface area contributed by atoms with E-state index in [4.69, 9.17) is 14.5 Å². The smallest absolute Gasteiger partial charge is 0.463 e. The van der Waals surface area contributed by atoms with Crippen molar-refractivity contribution in [2.75, 3.05) is 13.2 Å². The Hall–Kier alpha value is -0.580. The van der Waals surface area contributed by atoms with Crippen LogP contribution in [0, 0.1) is 5.92 Å². The first-order chi connectivity index (χ1) is 11.1. The molecule has 0 aliphatic heterocycles. The Morgan fingerprint density at radius 3 is 2.17 bits per heavy atom. The minimum absolute atomic E-state index is 0.0998. The molecule has 0 spiro atoms. The number of hydrogen-bond acceptors (Lipinski definition) is 8. The van der Waals surface area contributed by atoms with Crippen molar-refractivity contribution in [3.8, 4) is 0 Å². The van der Waals surface area contributed by atoms with Gasteiger partial charge in [0, 0.05) is 0 Å². The first kappa shape index (κ1) is 21.5. The summed E-state index contributed by atoms with van der Waals surface area (Å²) in [7, 11) is -4.87. The molecule has 0 aromatic rings. The number of hydrogen-bond donors (Lipinski definition) is 6. The lowest BCUT2D eigenvalue weighted by Crippen LogP contribution is -2.49. The second kappa shape index (κ2) is 9.79. The van der Waals surface area contributed by atoms with E-state index in [2.05, 4.69) is 4.52 Å². The molecule has 142 valence electrons. The van der Waals surface area contributed by atoms with E-state index in [1.54, 1.807) is 0 Å². The van der Waals surface area contributed by atoms with E-state index >= 15 is 0 Å². The van der Waals surface area contributed by atoms with Gasteiger partial charge in [0.2, 0.25) is 0 Å². The number of esters is 1. The largest absolute Gasteiger partial charge is 0.469 e. The maximum absolute atomic E-state index is 11.7. The van der Waals surface area contributed by atoms with E-state index in [0.717, 1.165) is 32.1 Å². The second-order valence-electron chi connectivity index (χ2n) is 5.91. The molecule has 6 N–H and O–H groups in total. The molecule has 0 bridgehead atoms. The predicted octanol–water partition coefficient (Wildman–Crippen LogP) is -1.34. The summed E-state index contributed by atoms with van der Waals surface area (Å²) >= 11 is 0. The van der Waals surface area contributed by atoms with Crippen molar-refractivity contribution in [3.05, 3.63) is 0 Å². The first-order valence-corrected chi connectivity index (χ1v) is 9.24. The Bertz CT molecular complexity index is 432. The first-order valence-electron chi connectivity index (χ1n) is 7.71. The molecule has 1 saturated carbocycles. The molecule has 0 amide bonds. The van der Waals surface area contributed by atoms with Gasteiger partial charge in [-0.15, -0.1) is 0 Å². The fourth-order valence-corrected chi connectivity index (χ4v) is 2.81. The molecule has 0 aromatic carbocycles. The highest BCUT2D eigenvalue weighted by atomic mass is 31.2. The summed E-state index contributed by atoms with van der Waals surface area (Å²) in [6.45, 7) is -0.894. The molecule has 0 saturated heterocycles. The zero-order chi connectivity index (χ0) is 18.3. The Balaban J connectivity index is 2.41. The van der Waals surface area contributed by atoms with Gasteiger partial charge in [-0.3, -0.25) is 4.52 Å². The number of carbonyl (C=O) groups is 1. The molecule has 10 nitrogen and oxygen atoms in total. The van der Waals surface area contributed by atoms with E-state index in [1.807, 2.05) is 0 Å². The van der Waals surface area contributed by atoms with Crippen molar-refractivity contribution >= 4 is 13.8 Å². The van der Waals surface area contributed by atoms with E-state index in [9.17, 15) is 29.8 Å². The van der Waals surface area contributed by atoms with Crippen molar-refractivity contribution in [3.63, 3.8) is 0 Å². The number of aliphatic hydroxyl groups excluding tert-OH is 4. The summed E-state index contributed by atoms with van der Waals surface area (Å²) in [5.41, 5.74) is 0. The predicted molar refractivity (Wildman–Crippen MR) is 79.6 cm³/mol. The molecule has 1 fully saturated rings. The maximum Gasteiger partial charge on any atom is 0.469 e. The van der Waals surface area contributed by atoms with Crippen LogP contribution in [0.5, 0.6) is 0 Å². The van der Waals surface area contributed by atoms with Gasteiger partial charge in [-0.2, -0.15) is 0 Å². The number of phosphoric ester groups is 1. The minimum atomic E-state index is -4.87. The van der Waals surface area contributed by atoms with Crippen LogP contribution >= 0.6 is 7.82 Å². The number of ether oxygens (including phenoxy) is 1. The van der Waals surface area contributed by atoms with Gasteiger partial charge in [0.15, 0.2) is 6.10 Å². The summed E-state index contributed by atoms with van der Waals surface area (Å²) in [6.07, 6.45) is -3.16. The fraction of sp³-hybridized carbons (Fsp3) is 0.923. The molecule has 1 aliphatic carbocycles. The summed E-state index contributed by atoms with van der Waals surface area (Å²) in [6, 6.07) is 0. The van der Waals surface area contributed by atoms with Crippen LogP contribution in [0.15, 0.2) is 0 Å². The summed E-state index contributed by atoms with van der Waals surface area (Å²) in [5.74, 6) is -0.950. The third kappa shape index (κ3) is 7.54. The Morgan fingerprint density at radius 1 is 1.04 bits per heavy atom. The number of rotatable bonds is 9. The third-order valence-electron chi connectivity index (χ3n) is 3.91. The summed E-state index contributed by atoms with van der Waals surface area (Å²) in [4.78, 5) is 28.7. The minimum Gasteiger partial charge on any atom is -0.463 e. The molecular weight excluding hydrogens is 347 g/mol. The standard InChI is InChI=1S/C13H25O10P/c14-9(7-23-24(19,20)21)10(15)11(16)12(17)13(18)22-6-8-4-2-1-3-5-8/h8-12,14-17H,1-7H2,(H2,19,20,21). The quantitative estimate of drug-likeness (QED) is 0.210. The number of aliphatic hydroxyl groups is 4. The monoisotopic (exact) mass is 372 g/mol. The summed E-state index contributed by atoms with van der Waals surface area (Å²) < 4.78 is 19.4. The van der Waals surface area contributed by atoms with Gasteiger partial charge in [0.25, 0.3) is 0 Å². The van der Waals surface area contributed by atoms with Gasteiger partial charge >= 0.3 is 13.8 Å². The van der Waals surface area contributed by atoms with E-state index < -0.39 is 44.8 Å². The second-order valence-corrected chi connectivity index (χ2v) is 7.15. The lowest BCUT2D eigenvalue weighted by molar-refractivity contribution is -0.171. The van der Waals surface area contributed by atoms with Crippen LogP contribution in [-0.2, 0) is 18.6 Å². The van der Waals surface area contributed by atoms with Crippen LogP contribution < -0.4 is 0 Å². The van der Waals surface area contributed by atoms with Gasteiger partial charge in [-0.1, -0.05) is 19.3 Å². The fourth-order valence-electron chi connectivity index (χ4n) is 2.47. The molecule has 0 heterocycles. The zero-order valence-electron chi connectivity index (χ0n) is 13.1. The molecule has 24 heavy (non-hydrogen) atoms. The number of carbonyl (C=O) groups excluding carboxylic acids is 1. The third-order valence-corrected chi connectivity index (χ3v) is 4.39. The Kier molecular flexibility index (Phi) is 8.75. The molecule has 0 aromatic heterocycles. The van der Waals surface area contributed by atoms with Crippen molar-refractivity contribution in [2.45, 2.75) is 56.5 Å². The van der Waals surface area contributed by atoms with E-state index in [0.29, 0.717) is 0 Å². The highest BCUT2D eigenvalue weighted by Crippen LogP contribution is 2.35. The highest BCUT2D eigenvalue weighted by molar-refractivity contribution is 7.46. The Morgan fingerprint density at radius 2 is 1.62 bits per heavy atom. The van der Waals surface area contributed by atoms with Crippen LogP contribution in [0.1, 0.15) is 32.1 Å². The van der Waals surface area contributed by atoms with Crippen LogP contribution in [0.3, 0.4) is 0 Å². The van der Waals surface area contributed by atoms with Crippen LogP contribution in [-0.4, -0.2) is 73.8 Å². The van der Waals surface area contributed by atoms with Gasteiger partial charge in [0.1, 0.15) is 18.3 Å². The highest BCUT2D eigenvalue weighted by Gasteiger charge is 2.36. The molecule has 1 rings (SSSR count). The van der Waals surface area contributed by atoms with Crippen LogP contribution in [0.25, 0.3) is 0 Å². The topological polar surface area (TPSA) is 174 Å². The van der Waals surface area contributed by atoms with Crippen LogP contribution in [0.2, 0.25) is 0 Å². The average molecular weight is 372 g/mol. The van der Waals surface area contributed by atoms with Crippen LogP contribution in [0.4, 0.5) is 0 Å². The SMILES string of the molecule is O=C(OCC1CCCCC1)C(O)C(O)C(O)C(O)COP(=O)(O)O. The van der Waals surface area contributed by atoms with Crippen molar-refractivity contribution in [2.24, 2.45) is 5.92 Å².